The number of benzene rings is 1. The van der Waals surface area contributed by atoms with Crippen LogP contribution in [0.5, 0.6) is 0 Å². The zero-order chi connectivity index (χ0) is 13.3. The van der Waals surface area contributed by atoms with Crippen molar-refractivity contribution >= 4 is 17.6 Å². The molecule has 0 aliphatic heterocycles. The topological polar surface area (TPSA) is 55.1 Å². The van der Waals surface area contributed by atoms with Crippen molar-refractivity contribution in [3.63, 3.8) is 0 Å². The fourth-order valence-corrected chi connectivity index (χ4v) is 2.08. The van der Waals surface area contributed by atoms with Crippen LogP contribution >= 0.6 is 11.6 Å². The molecule has 1 heterocycles. The van der Waals surface area contributed by atoms with Crippen LogP contribution in [0, 0.1) is 13.8 Å². The number of rotatable bonds is 3. The minimum atomic E-state index is -0.913. The lowest BCUT2D eigenvalue weighted by molar-refractivity contribution is -0.136. The summed E-state index contributed by atoms with van der Waals surface area (Å²) in [6, 6.07) is 7.72. The number of carboxylic acids is 1. The molecule has 0 spiro atoms. The average molecular weight is 265 g/mol. The molecule has 0 bridgehead atoms. The first kappa shape index (κ1) is 12.6. The first-order chi connectivity index (χ1) is 8.49. The van der Waals surface area contributed by atoms with E-state index in [0.29, 0.717) is 16.4 Å². The summed E-state index contributed by atoms with van der Waals surface area (Å²) < 4.78 is 1.56. The zero-order valence-electron chi connectivity index (χ0n) is 10.1. The zero-order valence-corrected chi connectivity index (χ0v) is 10.9. The number of nitrogens with zero attached hydrogens (tertiary/aromatic N) is 2. The lowest BCUT2D eigenvalue weighted by atomic mass is 10.2. The van der Waals surface area contributed by atoms with Crippen LogP contribution in [0.25, 0.3) is 5.69 Å². The Morgan fingerprint density at radius 2 is 1.94 bits per heavy atom. The van der Waals surface area contributed by atoms with Gasteiger partial charge in [-0.25, -0.2) is 4.68 Å². The molecule has 4 nitrogen and oxygen atoms in total. The highest BCUT2D eigenvalue weighted by Gasteiger charge is 2.16. The summed E-state index contributed by atoms with van der Waals surface area (Å²) in [7, 11) is 0. The van der Waals surface area contributed by atoms with Crippen molar-refractivity contribution in [2.24, 2.45) is 0 Å². The lowest BCUT2D eigenvalue weighted by Crippen LogP contribution is -2.01. The first-order valence-electron chi connectivity index (χ1n) is 5.52. The van der Waals surface area contributed by atoms with Gasteiger partial charge in [-0.05, 0) is 26.0 Å². The molecule has 0 aliphatic rings. The summed E-state index contributed by atoms with van der Waals surface area (Å²) in [5.41, 5.74) is 3.17. The van der Waals surface area contributed by atoms with Crippen LogP contribution in [0.4, 0.5) is 0 Å². The highest BCUT2D eigenvalue weighted by atomic mass is 35.5. The van der Waals surface area contributed by atoms with E-state index in [1.165, 1.54) is 0 Å². The highest BCUT2D eigenvalue weighted by molar-refractivity contribution is 6.30. The largest absolute Gasteiger partial charge is 0.481 e. The van der Waals surface area contributed by atoms with Crippen LogP contribution in [0.15, 0.2) is 24.3 Å². The molecule has 0 fully saturated rings. The first-order valence-corrected chi connectivity index (χ1v) is 5.89. The Bertz CT molecular complexity index is 588. The molecule has 0 amide bonds. The summed E-state index contributed by atoms with van der Waals surface area (Å²) in [4.78, 5) is 10.8. The van der Waals surface area contributed by atoms with Gasteiger partial charge in [0.25, 0.3) is 0 Å². The monoisotopic (exact) mass is 264 g/mol. The number of halogens is 1. The van der Waals surface area contributed by atoms with E-state index in [4.69, 9.17) is 16.7 Å². The third kappa shape index (κ3) is 2.38. The molecule has 94 valence electrons. The maximum absolute atomic E-state index is 10.8. The van der Waals surface area contributed by atoms with Gasteiger partial charge in [-0.3, -0.25) is 4.79 Å². The number of aliphatic carboxylic acids is 1. The summed E-state index contributed by atoms with van der Waals surface area (Å²) in [5, 5.41) is 13.5. The number of aromatic nitrogens is 2. The van der Waals surface area contributed by atoms with Crippen LogP contribution in [0.2, 0.25) is 5.15 Å². The molecule has 5 heteroatoms. The normalized spacial score (nSPS) is 10.6. The van der Waals surface area contributed by atoms with Gasteiger partial charge in [0.15, 0.2) is 0 Å². The van der Waals surface area contributed by atoms with Gasteiger partial charge < -0.3 is 5.11 Å². The molecule has 0 atom stereocenters. The summed E-state index contributed by atoms with van der Waals surface area (Å²) in [5.74, 6) is -0.913. The second-order valence-corrected chi connectivity index (χ2v) is 4.53. The SMILES string of the molecule is Cc1ccc(-n2nc(C)c(CC(=O)O)c2Cl)cc1. The predicted octanol–water partition coefficient (Wildman–Crippen LogP) is 2.77. The maximum Gasteiger partial charge on any atom is 0.308 e. The van der Waals surface area contributed by atoms with Crippen molar-refractivity contribution in [3.05, 3.63) is 46.2 Å². The van der Waals surface area contributed by atoms with E-state index in [2.05, 4.69) is 5.10 Å². The van der Waals surface area contributed by atoms with Crippen LogP contribution in [-0.2, 0) is 11.2 Å². The van der Waals surface area contributed by atoms with Crippen LogP contribution < -0.4 is 0 Å². The van der Waals surface area contributed by atoms with E-state index in [-0.39, 0.29) is 6.42 Å². The minimum Gasteiger partial charge on any atom is -0.481 e. The molecule has 1 aromatic heterocycles. The van der Waals surface area contributed by atoms with E-state index >= 15 is 0 Å². The van der Waals surface area contributed by atoms with Crippen LogP contribution in [-0.4, -0.2) is 20.9 Å². The predicted molar refractivity (Wildman–Crippen MR) is 69.4 cm³/mol. The summed E-state index contributed by atoms with van der Waals surface area (Å²) >= 11 is 6.19. The minimum absolute atomic E-state index is 0.115. The molecule has 1 aromatic carbocycles. The van der Waals surface area contributed by atoms with Crippen molar-refractivity contribution in [1.82, 2.24) is 9.78 Å². The van der Waals surface area contributed by atoms with Crippen molar-refractivity contribution in [3.8, 4) is 5.69 Å². The van der Waals surface area contributed by atoms with Gasteiger partial charge in [-0.15, -0.1) is 0 Å². The highest BCUT2D eigenvalue weighted by Crippen LogP contribution is 2.24. The second kappa shape index (κ2) is 4.82. The molecule has 2 rings (SSSR count). The molecular formula is C13H13ClN2O2. The fraction of sp³-hybridized carbons (Fsp3) is 0.231. The number of hydrogen-bond acceptors (Lipinski definition) is 2. The van der Waals surface area contributed by atoms with Crippen molar-refractivity contribution < 1.29 is 9.90 Å². The van der Waals surface area contributed by atoms with Gasteiger partial charge in [0.2, 0.25) is 0 Å². The van der Waals surface area contributed by atoms with E-state index in [1.807, 2.05) is 31.2 Å². The van der Waals surface area contributed by atoms with Crippen LogP contribution in [0.1, 0.15) is 16.8 Å². The third-order valence-corrected chi connectivity index (χ3v) is 3.12. The van der Waals surface area contributed by atoms with E-state index < -0.39 is 5.97 Å². The van der Waals surface area contributed by atoms with Gasteiger partial charge in [0.05, 0.1) is 17.8 Å². The Hall–Kier alpha value is -1.81. The molecule has 0 aliphatic carbocycles. The second-order valence-electron chi connectivity index (χ2n) is 4.17. The average Bonchev–Trinajstić information content (AvgIpc) is 2.58. The van der Waals surface area contributed by atoms with Gasteiger partial charge in [0.1, 0.15) is 5.15 Å². The van der Waals surface area contributed by atoms with Gasteiger partial charge in [0, 0.05) is 5.56 Å². The fourth-order valence-electron chi connectivity index (χ4n) is 1.74. The third-order valence-electron chi connectivity index (χ3n) is 2.73. The molecule has 0 unspecified atom stereocenters. The Labute approximate surface area is 110 Å². The maximum atomic E-state index is 10.8. The Kier molecular flexibility index (Phi) is 3.39. The molecule has 18 heavy (non-hydrogen) atoms. The molecule has 0 saturated heterocycles. The smallest absolute Gasteiger partial charge is 0.308 e. The standard InChI is InChI=1S/C13H13ClN2O2/c1-8-3-5-10(6-4-8)16-13(14)11(7-12(17)18)9(2)15-16/h3-6H,7H2,1-2H3,(H,17,18). The quantitative estimate of drug-likeness (QED) is 0.927. The summed E-state index contributed by atoms with van der Waals surface area (Å²) in [6.45, 7) is 3.75. The molecule has 1 N–H and O–H groups in total. The molecule has 2 aromatic rings. The summed E-state index contributed by atoms with van der Waals surface area (Å²) in [6.07, 6.45) is -0.115. The van der Waals surface area contributed by atoms with Crippen LogP contribution in [0.3, 0.4) is 0 Å². The van der Waals surface area contributed by atoms with Gasteiger partial charge in [-0.1, -0.05) is 29.3 Å². The number of aryl methyl sites for hydroxylation is 2. The number of hydrogen-bond donors (Lipinski definition) is 1. The van der Waals surface area contributed by atoms with Gasteiger partial charge in [-0.2, -0.15) is 5.10 Å². The molecule has 0 saturated carbocycles. The van der Waals surface area contributed by atoms with E-state index in [0.717, 1.165) is 11.3 Å². The molecular weight excluding hydrogens is 252 g/mol. The van der Waals surface area contributed by atoms with E-state index in [1.54, 1.807) is 11.6 Å². The lowest BCUT2D eigenvalue weighted by Gasteiger charge is -2.03. The van der Waals surface area contributed by atoms with Crippen molar-refractivity contribution in [2.45, 2.75) is 20.3 Å². The Balaban J connectivity index is 2.46. The Morgan fingerprint density at radius 3 is 2.50 bits per heavy atom. The van der Waals surface area contributed by atoms with E-state index in [9.17, 15) is 4.79 Å². The Morgan fingerprint density at radius 1 is 1.33 bits per heavy atom. The van der Waals surface area contributed by atoms with Gasteiger partial charge >= 0.3 is 5.97 Å². The number of carboxylic acid groups (broad SMARTS) is 1. The van der Waals surface area contributed by atoms with Crippen molar-refractivity contribution in [2.75, 3.05) is 0 Å². The van der Waals surface area contributed by atoms with Crippen molar-refractivity contribution in [1.29, 1.82) is 0 Å². The number of carbonyl (C=O) groups is 1. The molecule has 0 radical (unpaired) electrons.